The third-order valence-electron chi connectivity index (χ3n) is 3.22. The molecule has 2 aromatic heterocycles. The molecule has 0 amide bonds. The second kappa shape index (κ2) is 8.75. The number of aliphatic imine (C=N–C) groups is 1. The second-order valence-electron chi connectivity index (χ2n) is 5.19. The van der Waals surface area contributed by atoms with E-state index in [9.17, 15) is 0 Å². The molecule has 6 heteroatoms. The van der Waals surface area contributed by atoms with Gasteiger partial charge in [-0.05, 0) is 31.9 Å². The molecular formula is C17H22N6. The fourth-order valence-corrected chi connectivity index (χ4v) is 2.18. The summed E-state index contributed by atoms with van der Waals surface area (Å²) in [5, 5.41) is 8.15. The Morgan fingerprint density at radius 2 is 2.17 bits per heavy atom. The monoisotopic (exact) mass is 310 g/mol. The van der Waals surface area contributed by atoms with Crippen LogP contribution in [0, 0.1) is 0 Å². The predicted molar refractivity (Wildman–Crippen MR) is 91.8 cm³/mol. The van der Waals surface area contributed by atoms with Crippen LogP contribution in [0.3, 0.4) is 0 Å². The molecule has 2 heterocycles. The maximum atomic E-state index is 4.40. The summed E-state index contributed by atoms with van der Waals surface area (Å²) in [5.74, 6) is 0. The van der Waals surface area contributed by atoms with Crippen molar-refractivity contribution in [1.29, 1.82) is 0 Å². The Hall–Kier alpha value is -2.60. The van der Waals surface area contributed by atoms with Crippen LogP contribution in [0.2, 0.25) is 0 Å². The van der Waals surface area contributed by atoms with Crippen LogP contribution in [-0.4, -0.2) is 38.1 Å². The lowest BCUT2D eigenvalue weighted by Crippen LogP contribution is -2.25. The van der Waals surface area contributed by atoms with E-state index in [1.807, 2.05) is 56.6 Å². The lowest BCUT2D eigenvalue weighted by atomic mass is 10.2. The summed E-state index contributed by atoms with van der Waals surface area (Å²) in [5.41, 5.74) is 2.83. The van der Waals surface area contributed by atoms with Gasteiger partial charge < -0.3 is 0 Å². The maximum Gasteiger partial charge on any atom is 0.0967 e. The standard InChI is InChI=1S/C17H22N6/c1-4-5-8-15(18-2)12-23(13-16-9-6-7-10-19-16)14-17-11-22(3)21-20-17/h4-11H,2,12-14H2,1,3H3/b5-4-,15-8-. The molecular weight excluding hydrogens is 288 g/mol. The first-order valence-corrected chi connectivity index (χ1v) is 7.47. The third kappa shape index (κ3) is 5.60. The largest absolute Gasteiger partial charge is 0.286 e. The summed E-state index contributed by atoms with van der Waals surface area (Å²) in [7, 11) is 1.86. The number of pyridine rings is 1. The molecule has 0 aliphatic rings. The minimum Gasteiger partial charge on any atom is -0.286 e. The first-order chi connectivity index (χ1) is 11.2. The van der Waals surface area contributed by atoms with Gasteiger partial charge in [0.2, 0.25) is 0 Å². The van der Waals surface area contributed by atoms with Crippen LogP contribution < -0.4 is 0 Å². The van der Waals surface area contributed by atoms with Crippen LogP contribution in [0.1, 0.15) is 18.3 Å². The quantitative estimate of drug-likeness (QED) is 0.555. The highest BCUT2D eigenvalue weighted by atomic mass is 15.4. The smallest absolute Gasteiger partial charge is 0.0967 e. The Morgan fingerprint density at radius 1 is 1.35 bits per heavy atom. The van der Waals surface area contributed by atoms with E-state index in [0.29, 0.717) is 19.6 Å². The predicted octanol–water partition coefficient (Wildman–Crippen LogP) is 2.37. The highest BCUT2D eigenvalue weighted by molar-refractivity contribution is 5.30. The van der Waals surface area contributed by atoms with E-state index < -0.39 is 0 Å². The lowest BCUT2D eigenvalue weighted by Gasteiger charge is -2.20. The zero-order chi connectivity index (χ0) is 16.5. The number of rotatable bonds is 8. The molecule has 0 atom stereocenters. The Balaban J connectivity index is 2.14. The van der Waals surface area contributed by atoms with Crippen LogP contribution in [0.25, 0.3) is 0 Å². The molecule has 120 valence electrons. The molecule has 0 fully saturated rings. The summed E-state index contributed by atoms with van der Waals surface area (Å²) in [6, 6.07) is 5.92. The van der Waals surface area contributed by atoms with Gasteiger partial charge in [0, 0.05) is 39.1 Å². The summed E-state index contributed by atoms with van der Waals surface area (Å²) in [4.78, 5) is 10.7. The van der Waals surface area contributed by atoms with Crippen molar-refractivity contribution in [2.45, 2.75) is 20.0 Å². The maximum absolute atomic E-state index is 4.40. The number of aryl methyl sites for hydroxylation is 1. The van der Waals surface area contributed by atoms with Gasteiger partial charge in [0.05, 0.1) is 17.1 Å². The van der Waals surface area contributed by atoms with Crippen molar-refractivity contribution in [3.05, 3.63) is 65.9 Å². The molecule has 0 aliphatic carbocycles. The molecule has 2 aromatic rings. The molecule has 0 aromatic carbocycles. The molecule has 0 radical (unpaired) electrons. The number of allylic oxidation sites excluding steroid dienone is 3. The molecule has 0 bridgehead atoms. The minimum absolute atomic E-state index is 0.668. The molecule has 6 nitrogen and oxygen atoms in total. The van der Waals surface area contributed by atoms with Crippen molar-refractivity contribution in [3.8, 4) is 0 Å². The molecule has 2 rings (SSSR count). The minimum atomic E-state index is 0.668. The summed E-state index contributed by atoms with van der Waals surface area (Å²) in [6.07, 6.45) is 9.62. The SMILES string of the molecule is C=N/C(=C\C=C/C)CN(Cc1ccccn1)Cc1cn(C)nn1. The van der Waals surface area contributed by atoms with Crippen molar-refractivity contribution in [3.63, 3.8) is 0 Å². The van der Waals surface area contributed by atoms with Crippen molar-refractivity contribution in [2.75, 3.05) is 6.54 Å². The highest BCUT2D eigenvalue weighted by Crippen LogP contribution is 2.10. The van der Waals surface area contributed by atoms with Crippen LogP contribution in [-0.2, 0) is 20.1 Å². The molecule has 23 heavy (non-hydrogen) atoms. The Morgan fingerprint density at radius 3 is 2.78 bits per heavy atom. The van der Waals surface area contributed by atoms with Crippen molar-refractivity contribution < 1.29 is 0 Å². The number of nitrogens with zero attached hydrogens (tertiary/aromatic N) is 6. The summed E-state index contributed by atoms with van der Waals surface area (Å²) in [6.45, 7) is 7.68. The normalized spacial score (nSPS) is 12.2. The van der Waals surface area contributed by atoms with Gasteiger partial charge in [0.15, 0.2) is 0 Å². The molecule has 0 saturated carbocycles. The van der Waals surface area contributed by atoms with E-state index >= 15 is 0 Å². The Bertz CT molecular complexity index is 671. The molecule has 0 saturated heterocycles. The van der Waals surface area contributed by atoms with E-state index in [1.165, 1.54) is 0 Å². The Kier molecular flexibility index (Phi) is 6.38. The zero-order valence-corrected chi connectivity index (χ0v) is 13.6. The average Bonchev–Trinajstić information content (AvgIpc) is 2.97. The first kappa shape index (κ1) is 16.8. The zero-order valence-electron chi connectivity index (χ0n) is 13.6. The topological polar surface area (TPSA) is 59.2 Å². The summed E-state index contributed by atoms with van der Waals surface area (Å²) < 4.78 is 1.70. The lowest BCUT2D eigenvalue weighted by molar-refractivity contribution is 0.272. The van der Waals surface area contributed by atoms with E-state index in [-0.39, 0.29) is 0 Å². The number of aromatic nitrogens is 4. The number of hydrogen-bond acceptors (Lipinski definition) is 5. The van der Waals surface area contributed by atoms with Crippen molar-refractivity contribution >= 4 is 6.72 Å². The van der Waals surface area contributed by atoms with E-state index in [1.54, 1.807) is 10.9 Å². The summed E-state index contributed by atoms with van der Waals surface area (Å²) >= 11 is 0. The van der Waals surface area contributed by atoms with E-state index in [0.717, 1.165) is 17.1 Å². The molecule has 0 aliphatic heterocycles. The van der Waals surface area contributed by atoms with Gasteiger partial charge in [0.25, 0.3) is 0 Å². The van der Waals surface area contributed by atoms with Gasteiger partial charge in [0.1, 0.15) is 0 Å². The molecule has 0 unspecified atom stereocenters. The van der Waals surface area contributed by atoms with Gasteiger partial charge in [-0.1, -0.05) is 23.4 Å². The van der Waals surface area contributed by atoms with Gasteiger partial charge in [-0.2, -0.15) is 0 Å². The van der Waals surface area contributed by atoms with Crippen molar-refractivity contribution in [1.82, 2.24) is 24.9 Å². The number of hydrogen-bond donors (Lipinski definition) is 0. The van der Waals surface area contributed by atoms with Gasteiger partial charge in [-0.15, -0.1) is 5.10 Å². The van der Waals surface area contributed by atoms with Crippen LogP contribution >= 0.6 is 0 Å². The van der Waals surface area contributed by atoms with Crippen molar-refractivity contribution in [2.24, 2.45) is 12.0 Å². The molecule has 0 spiro atoms. The highest BCUT2D eigenvalue weighted by Gasteiger charge is 2.11. The second-order valence-corrected chi connectivity index (χ2v) is 5.19. The van der Waals surface area contributed by atoms with Crippen LogP contribution in [0.15, 0.2) is 59.5 Å². The Labute approximate surface area is 136 Å². The van der Waals surface area contributed by atoms with Gasteiger partial charge in [-0.3, -0.25) is 19.6 Å². The third-order valence-corrected chi connectivity index (χ3v) is 3.22. The van der Waals surface area contributed by atoms with Crippen LogP contribution in [0.5, 0.6) is 0 Å². The van der Waals surface area contributed by atoms with E-state index in [4.69, 9.17) is 0 Å². The molecule has 0 N–H and O–H groups in total. The van der Waals surface area contributed by atoms with Gasteiger partial charge in [-0.25, -0.2) is 0 Å². The average molecular weight is 310 g/mol. The fourth-order valence-electron chi connectivity index (χ4n) is 2.18. The van der Waals surface area contributed by atoms with Gasteiger partial charge >= 0.3 is 0 Å². The van der Waals surface area contributed by atoms with E-state index in [2.05, 4.69) is 31.9 Å². The fraction of sp³-hybridized carbons (Fsp3) is 0.294. The van der Waals surface area contributed by atoms with Crippen LogP contribution in [0.4, 0.5) is 0 Å². The first-order valence-electron chi connectivity index (χ1n) is 7.47.